The van der Waals surface area contributed by atoms with E-state index in [9.17, 15) is 8.78 Å². The lowest BCUT2D eigenvalue weighted by Crippen LogP contribution is -2.29. The van der Waals surface area contributed by atoms with E-state index in [4.69, 9.17) is 0 Å². The van der Waals surface area contributed by atoms with Gasteiger partial charge >= 0.3 is 0 Å². The van der Waals surface area contributed by atoms with Crippen molar-refractivity contribution in [3.05, 3.63) is 0 Å². The zero-order valence-corrected chi connectivity index (χ0v) is 7.27. The number of alkyl halides is 2. The Labute approximate surface area is 66.4 Å². The summed E-state index contributed by atoms with van der Waals surface area (Å²) in [5.41, 5.74) is 0.268. The van der Waals surface area contributed by atoms with Crippen LogP contribution in [0.4, 0.5) is 8.78 Å². The van der Waals surface area contributed by atoms with E-state index in [2.05, 4.69) is 13.8 Å². The molecule has 1 aliphatic rings. The van der Waals surface area contributed by atoms with Crippen LogP contribution in [0, 0.1) is 5.41 Å². The van der Waals surface area contributed by atoms with E-state index in [1.807, 2.05) is 0 Å². The van der Waals surface area contributed by atoms with Crippen LogP contribution in [0.3, 0.4) is 0 Å². The fraction of sp³-hybridized carbons (Fsp3) is 1.00. The SMILES string of the molecule is CN(CC(F)F)C1CC1(C)C. The molecule has 0 spiro atoms. The van der Waals surface area contributed by atoms with Crippen molar-refractivity contribution in [1.29, 1.82) is 0 Å². The highest BCUT2D eigenvalue weighted by atomic mass is 19.3. The van der Waals surface area contributed by atoms with Crippen LogP contribution in [0.2, 0.25) is 0 Å². The van der Waals surface area contributed by atoms with Crippen molar-refractivity contribution in [2.24, 2.45) is 5.41 Å². The number of hydrogen-bond donors (Lipinski definition) is 0. The van der Waals surface area contributed by atoms with E-state index in [1.54, 1.807) is 11.9 Å². The molecule has 0 heterocycles. The molecule has 11 heavy (non-hydrogen) atoms. The smallest absolute Gasteiger partial charge is 0.251 e. The number of halogens is 2. The molecule has 1 fully saturated rings. The molecule has 0 saturated heterocycles. The molecular formula is C8H15F2N. The zero-order valence-electron chi connectivity index (χ0n) is 7.27. The van der Waals surface area contributed by atoms with Gasteiger partial charge in [-0.1, -0.05) is 13.8 Å². The average Bonchev–Trinajstić information content (AvgIpc) is 2.38. The van der Waals surface area contributed by atoms with E-state index < -0.39 is 6.43 Å². The molecule has 1 unspecified atom stereocenters. The summed E-state index contributed by atoms with van der Waals surface area (Å²) in [6, 6.07) is 0.372. The molecule has 1 saturated carbocycles. The highest BCUT2D eigenvalue weighted by molar-refractivity contribution is 5.02. The quantitative estimate of drug-likeness (QED) is 0.615. The third-order valence-corrected chi connectivity index (χ3v) is 2.42. The Morgan fingerprint density at radius 2 is 2.00 bits per heavy atom. The van der Waals surface area contributed by atoms with Gasteiger partial charge in [-0.15, -0.1) is 0 Å². The maximum absolute atomic E-state index is 11.9. The molecule has 0 aromatic rings. The van der Waals surface area contributed by atoms with Crippen molar-refractivity contribution >= 4 is 0 Å². The Hall–Kier alpha value is -0.180. The molecule has 0 aliphatic heterocycles. The Balaban J connectivity index is 2.28. The highest BCUT2D eigenvalue weighted by Gasteiger charge is 2.48. The van der Waals surface area contributed by atoms with Crippen molar-refractivity contribution < 1.29 is 8.78 Å². The van der Waals surface area contributed by atoms with Gasteiger partial charge in [-0.2, -0.15) is 0 Å². The van der Waals surface area contributed by atoms with Gasteiger partial charge in [0.1, 0.15) is 0 Å². The first-order chi connectivity index (χ1) is 4.93. The third-order valence-electron chi connectivity index (χ3n) is 2.42. The second-order valence-electron chi connectivity index (χ2n) is 4.04. The minimum Gasteiger partial charge on any atom is -0.297 e. The summed E-state index contributed by atoms with van der Waals surface area (Å²) in [5.74, 6) is 0. The molecule has 66 valence electrons. The third kappa shape index (κ3) is 2.12. The molecule has 0 N–H and O–H groups in total. The molecule has 1 rings (SSSR count). The van der Waals surface area contributed by atoms with E-state index in [1.165, 1.54) is 0 Å². The second kappa shape index (κ2) is 2.70. The molecule has 0 bridgehead atoms. The molecule has 0 aromatic heterocycles. The van der Waals surface area contributed by atoms with Crippen molar-refractivity contribution in [2.45, 2.75) is 32.7 Å². The van der Waals surface area contributed by atoms with Crippen LogP contribution >= 0.6 is 0 Å². The molecule has 1 aliphatic carbocycles. The fourth-order valence-electron chi connectivity index (χ4n) is 1.54. The van der Waals surface area contributed by atoms with Crippen molar-refractivity contribution in [1.82, 2.24) is 4.90 Å². The van der Waals surface area contributed by atoms with Gasteiger partial charge < -0.3 is 0 Å². The summed E-state index contributed by atoms with van der Waals surface area (Å²) in [4.78, 5) is 1.75. The normalized spacial score (nSPS) is 28.1. The van der Waals surface area contributed by atoms with E-state index in [0.29, 0.717) is 6.04 Å². The first kappa shape index (κ1) is 8.91. The van der Waals surface area contributed by atoms with Crippen LogP contribution in [-0.2, 0) is 0 Å². The Kier molecular flexibility index (Phi) is 2.19. The molecular weight excluding hydrogens is 148 g/mol. The van der Waals surface area contributed by atoms with Crippen LogP contribution in [-0.4, -0.2) is 31.0 Å². The molecule has 1 nitrogen and oxygen atoms in total. The van der Waals surface area contributed by atoms with Gasteiger partial charge in [-0.05, 0) is 18.9 Å². The number of hydrogen-bond acceptors (Lipinski definition) is 1. The monoisotopic (exact) mass is 163 g/mol. The minimum absolute atomic E-state index is 0.0892. The Morgan fingerprint density at radius 1 is 1.55 bits per heavy atom. The molecule has 0 aromatic carbocycles. The van der Waals surface area contributed by atoms with Gasteiger partial charge in [0.05, 0.1) is 6.54 Å². The summed E-state index contributed by atoms with van der Waals surface area (Å²) in [6.45, 7) is 4.13. The fourth-order valence-corrected chi connectivity index (χ4v) is 1.54. The molecule has 0 radical (unpaired) electrons. The van der Waals surface area contributed by atoms with Crippen LogP contribution in [0.1, 0.15) is 20.3 Å². The van der Waals surface area contributed by atoms with Crippen LogP contribution in [0.15, 0.2) is 0 Å². The van der Waals surface area contributed by atoms with Crippen molar-refractivity contribution in [2.75, 3.05) is 13.6 Å². The first-order valence-electron chi connectivity index (χ1n) is 3.92. The van der Waals surface area contributed by atoms with E-state index >= 15 is 0 Å². The number of nitrogens with zero attached hydrogens (tertiary/aromatic N) is 1. The van der Waals surface area contributed by atoms with Gasteiger partial charge in [0.15, 0.2) is 0 Å². The topological polar surface area (TPSA) is 3.24 Å². The van der Waals surface area contributed by atoms with Crippen LogP contribution in [0.5, 0.6) is 0 Å². The second-order valence-corrected chi connectivity index (χ2v) is 4.04. The number of rotatable bonds is 3. The minimum atomic E-state index is -2.20. The predicted molar refractivity (Wildman–Crippen MR) is 40.8 cm³/mol. The molecule has 1 atom stereocenters. The summed E-state index contributed by atoms with van der Waals surface area (Å²) < 4.78 is 23.8. The van der Waals surface area contributed by atoms with E-state index in [0.717, 1.165) is 6.42 Å². The largest absolute Gasteiger partial charge is 0.297 e. The standard InChI is InChI=1S/C8H15F2N/c1-8(2)4-6(8)11(3)5-7(9)10/h6-7H,4-5H2,1-3H3. The molecule has 0 amide bonds. The average molecular weight is 163 g/mol. The van der Waals surface area contributed by atoms with Crippen molar-refractivity contribution in [3.63, 3.8) is 0 Å². The van der Waals surface area contributed by atoms with Gasteiger partial charge in [0, 0.05) is 6.04 Å². The lowest BCUT2D eigenvalue weighted by molar-refractivity contribution is 0.0923. The highest BCUT2D eigenvalue weighted by Crippen LogP contribution is 2.47. The summed E-state index contributed by atoms with van der Waals surface area (Å²) >= 11 is 0. The van der Waals surface area contributed by atoms with Gasteiger partial charge in [0.25, 0.3) is 6.43 Å². The Bertz CT molecular complexity index is 145. The van der Waals surface area contributed by atoms with Crippen LogP contribution < -0.4 is 0 Å². The van der Waals surface area contributed by atoms with Gasteiger partial charge in [-0.25, -0.2) is 8.78 Å². The summed E-state index contributed by atoms with van der Waals surface area (Å²) in [6.07, 6.45) is -1.15. The maximum atomic E-state index is 11.9. The Morgan fingerprint density at radius 3 is 2.27 bits per heavy atom. The van der Waals surface area contributed by atoms with E-state index in [-0.39, 0.29) is 12.0 Å². The van der Waals surface area contributed by atoms with Gasteiger partial charge in [-0.3, -0.25) is 4.90 Å². The predicted octanol–water partition coefficient (Wildman–Crippen LogP) is 1.98. The van der Waals surface area contributed by atoms with Crippen LogP contribution in [0.25, 0.3) is 0 Å². The summed E-state index contributed by atoms with van der Waals surface area (Å²) in [5, 5.41) is 0. The van der Waals surface area contributed by atoms with Crippen molar-refractivity contribution in [3.8, 4) is 0 Å². The zero-order chi connectivity index (χ0) is 8.65. The molecule has 3 heteroatoms. The van der Waals surface area contributed by atoms with Gasteiger partial charge in [0.2, 0.25) is 0 Å². The lowest BCUT2D eigenvalue weighted by atomic mass is 10.2. The first-order valence-corrected chi connectivity index (χ1v) is 3.92. The maximum Gasteiger partial charge on any atom is 0.251 e. The lowest BCUT2D eigenvalue weighted by Gasteiger charge is -2.17. The summed E-state index contributed by atoms with van der Waals surface area (Å²) in [7, 11) is 1.77.